The fourth-order valence-corrected chi connectivity index (χ4v) is 1.31. The van der Waals surface area contributed by atoms with Crippen LogP contribution in [-0.2, 0) is 0 Å². The highest BCUT2D eigenvalue weighted by Crippen LogP contribution is 2.17. The van der Waals surface area contributed by atoms with Crippen molar-refractivity contribution in [3.05, 3.63) is 47.5 Å². The van der Waals surface area contributed by atoms with E-state index in [4.69, 9.17) is 5.73 Å². The maximum absolute atomic E-state index is 5.95. The topological polar surface area (TPSA) is 26.0 Å². The summed E-state index contributed by atoms with van der Waals surface area (Å²) >= 11 is 0. The molecule has 1 atom stereocenters. The molecule has 1 nitrogen and oxygen atoms in total. The number of nitrogens with two attached hydrogens (primary N) is 1. The Labute approximate surface area is 80.3 Å². The lowest BCUT2D eigenvalue weighted by molar-refractivity contribution is 0.740. The molecular weight excluding hydrogens is 158 g/mol. The first kappa shape index (κ1) is 10.0. The molecule has 0 aliphatic rings. The van der Waals surface area contributed by atoms with E-state index in [2.05, 4.69) is 38.6 Å². The Balaban J connectivity index is 2.89. The molecule has 0 aliphatic heterocycles. The third kappa shape index (κ3) is 2.43. The molecule has 0 bridgehead atoms. The Morgan fingerprint density at radius 3 is 2.62 bits per heavy atom. The van der Waals surface area contributed by atoms with Gasteiger partial charge >= 0.3 is 0 Å². The van der Waals surface area contributed by atoms with E-state index in [-0.39, 0.29) is 6.04 Å². The van der Waals surface area contributed by atoms with Gasteiger partial charge in [-0.3, -0.25) is 0 Å². The lowest BCUT2D eigenvalue weighted by Gasteiger charge is -2.11. The second-order valence-corrected chi connectivity index (χ2v) is 3.47. The molecule has 70 valence electrons. The zero-order chi connectivity index (χ0) is 9.84. The quantitative estimate of drug-likeness (QED) is 0.702. The van der Waals surface area contributed by atoms with Crippen LogP contribution in [0.25, 0.3) is 0 Å². The lowest BCUT2D eigenvalue weighted by Crippen LogP contribution is -2.09. The van der Waals surface area contributed by atoms with Gasteiger partial charge in [-0.2, -0.15) is 0 Å². The summed E-state index contributed by atoms with van der Waals surface area (Å²) in [7, 11) is 0. The molecule has 1 rings (SSSR count). The average Bonchev–Trinajstić information content (AvgIpc) is 2.10. The number of hydrogen-bond acceptors (Lipinski definition) is 1. The molecule has 13 heavy (non-hydrogen) atoms. The monoisotopic (exact) mass is 175 g/mol. The third-order valence-electron chi connectivity index (χ3n) is 2.38. The predicted octanol–water partition coefficient (Wildman–Crippen LogP) is 2.88. The highest BCUT2D eigenvalue weighted by molar-refractivity contribution is 5.31. The Hall–Kier alpha value is -1.08. The van der Waals surface area contributed by atoms with Crippen molar-refractivity contribution in [3.8, 4) is 0 Å². The first-order valence-electron chi connectivity index (χ1n) is 4.58. The van der Waals surface area contributed by atoms with Crippen LogP contribution in [0.3, 0.4) is 0 Å². The summed E-state index contributed by atoms with van der Waals surface area (Å²) in [6, 6.07) is 6.46. The molecule has 0 amide bonds. The van der Waals surface area contributed by atoms with E-state index in [1.165, 1.54) is 16.7 Å². The second-order valence-electron chi connectivity index (χ2n) is 3.47. The van der Waals surface area contributed by atoms with E-state index in [1.807, 2.05) is 6.08 Å². The van der Waals surface area contributed by atoms with Crippen molar-refractivity contribution in [3.63, 3.8) is 0 Å². The number of rotatable bonds is 3. The molecule has 0 heterocycles. The molecule has 0 spiro atoms. The van der Waals surface area contributed by atoms with Gasteiger partial charge in [0.15, 0.2) is 0 Å². The van der Waals surface area contributed by atoms with Gasteiger partial charge in [0.05, 0.1) is 0 Å². The van der Waals surface area contributed by atoms with Crippen LogP contribution in [0, 0.1) is 13.8 Å². The SMILES string of the molecule is C=CCC(N)c1ccc(C)c(C)c1. The van der Waals surface area contributed by atoms with Crippen molar-refractivity contribution >= 4 is 0 Å². The maximum Gasteiger partial charge on any atom is 0.0329 e. The van der Waals surface area contributed by atoms with Gasteiger partial charge in [-0.1, -0.05) is 24.3 Å². The molecule has 1 aromatic rings. The summed E-state index contributed by atoms with van der Waals surface area (Å²) < 4.78 is 0. The molecule has 0 radical (unpaired) electrons. The standard InChI is InChI=1S/C12H17N/c1-4-5-12(13)11-7-6-9(2)10(3)8-11/h4,6-8,12H,1,5,13H2,2-3H3. The van der Waals surface area contributed by atoms with Gasteiger partial charge in [-0.25, -0.2) is 0 Å². The molecule has 0 saturated carbocycles. The lowest BCUT2D eigenvalue weighted by atomic mass is 10.00. The van der Waals surface area contributed by atoms with E-state index in [0.29, 0.717) is 0 Å². The molecule has 1 heteroatoms. The van der Waals surface area contributed by atoms with Crippen LogP contribution in [0.5, 0.6) is 0 Å². The highest BCUT2D eigenvalue weighted by atomic mass is 14.6. The fourth-order valence-electron chi connectivity index (χ4n) is 1.31. The van der Waals surface area contributed by atoms with Gasteiger partial charge in [-0.15, -0.1) is 6.58 Å². The number of aryl methyl sites for hydroxylation is 2. The fraction of sp³-hybridized carbons (Fsp3) is 0.333. The molecule has 0 saturated heterocycles. The summed E-state index contributed by atoms with van der Waals surface area (Å²) in [6.07, 6.45) is 2.70. The minimum Gasteiger partial charge on any atom is -0.324 e. The van der Waals surface area contributed by atoms with Crippen molar-refractivity contribution in [1.29, 1.82) is 0 Å². The molecule has 1 unspecified atom stereocenters. The summed E-state index contributed by atoms with van der Waals surface area (Å²) in [5, 5.41) is 0. The molecule has 0 aliphatic carbocycles. The summed E-state index contributed by atoms with van der Waals surface area (Å²) in [5.74, 6) is 0. The normalized spacial score (nSPS) is 12.5. The third-order valence-corrected chi connectivity index (χ3v) is 2.38. The number of hydrogen-bond donors (Lipinski definition) is 1. The zero-order valence-corrected chi connectivity index (χ0v) is 8.38. The van der Waals surface area contributed by atoms with Gasteiger partial charge < -0.3 is 5.73 Å². The first-order chi connectivity index (χ1) is 6.15. The predicted molar refractivity (Wildman–Crippen MR) is 57.7 cm³/mol. The Bertz CT molecular complexity index is 302. The smallest absolute Gasteiger partial charge is 0.0329 e. The van der Waals surface area contributed by atoms with Crippen molar-refractivity contribution in [2.75, 3.05) is 0 Å². The molecule has 0 fully saturated rings. The van der Waals surface area contributed by atoms with Crippen LogP contribution < -0.4 is 5.73 Å². The highest BCUT2D eigenvalue weighted by Gasteiger charge is 2.04. The Morgan fingerprint density at radius 2 is 2.08 bits per heavy atom. The van der Waals surface area contributed by atoms with Crippen LogP contribution in [0.4, 0.5) is 0 Å². The number of benzene rings is 1. The molecule has 2 N–H and O–H groups in total. The van der Waals surface area contributed by atoms with E-state index < -0.39 is 0 Å². The van der Waals surface area contributed by atoms with Gasteiger partial charge in [0, 0.05) is 6.04 Å². The van der Waals surface area contributed by atoms with Crippen LogP contribution in [0.15, 0.2) is 30.9 Å². The summed E-state index contributed by atoms with van der Waals surface area (Å²) in [6.45, 7) is 7.91. The van der Waals surface area contributed by atoms with Crippen LogP contribution in [-0.4, -0.2) is 0 Å². The van der Waals surface area contributed by atoms with Crippen molar-refractivity contribution in [2.45, 2.75) is 26.3 Å². The van der Waals surface area contributed by atoms with Crippen molar-refractivity contribution in [2.24, 2.45) is 5.73 Å². The van der Waals surface area contributed by atoms with Crippen LogP contribution in [0.2, 0.25) is 0 Å². The van der Waals surface area contributed by atoms with E-state index in [0.717, 1.165) is 6.42 Å². The van der Waals surface area contributed by atoms with E-state index >= 15 is 0 Å². The minimum atomic E-state index is 0.0943. The minimum absolute atomic E-state index is 0.0943. The summed E-state index contributed by atoms with van der Waals surface area (Å²) in [5.41, 5.74) is 9.77. The second kappa shape index (κ2) is 4.24. The largest absolute Gasteiger partial charge is 0.324 e. The van der Waals surface area contributed by atoms with Crippen molar-refractivity contribution in [1.82, 2.24) is 0 Å². The van der Waals surface area contributed by atoms with Gasteiger partial charge in [0.25, 0.3) is 0 Å². The van der Waals surface area contributed by atoms with E-state index in [9.17, 15) is 0 Å². The first-order valence-corrected chi connectivity index (χ1v) is 4.58. The maximum atomic E-state index is 5.95. The Morgan fingerprint density at radius 1 is 1.38 bits per heavy atom. The molecule has 1 aromatic carbocycles. The van der Waals surface area contributed by atoms with E-state index in [1.54, 1.807) is 0 Å². The van der Waals surface area contributed by atoms with Gasteiger partial charge in [0.1, 0.15) is 0 Å². The summed E-state index contributed by atoms with van der Waals surface area (Å²) in [4.78, 5) is 0. The molecule has 0 aromatic heterocycles. The van der Waals surface area contributed by atoms with Crippen LogP contribution >= 0.6 is 0 Å². The van der Waals surface area contributed by atoms with Gasteiger partial charge in [-0.05, 0) is 37.0 Å². The van der Waals surface area contributed by atoms with Gasteiger partial charge in [0.2, 0.25) is 0 Å². The Kier molecular flexibility index (Phi) is 3.26. The van der Waals surface area contributed by atoms with Crippen molar-refractivity contribution < 1.29 is 0 Å². The zero-order valence-electron chi connectivity index (χ0n) is 8.38. The average molecular weight is 175 g/mol. The van der Waals surface area contributed by atoms with Crippen LogP contribution in [0.1, 0.15) is 29.2 Å². The molecular formula is C12H17N.